The molecule has 0 saturated heterocycles. The smallest absolute Gasteiger partial charge is 0.175 e. The van der Waals surface area contributed by atoms with Crippen molar-refractivity contribution in [3.8, 4) is 11.5 Å². The van der Waals surface area contributed by atoms with Gasteiger partial charge in [-0.05, 0) is 57.3 Å². The van der Waals surface area contributed by atoms with E-state index in [2.05, 4.69) is 55.5 Å². The summed E-state index contributed by atoms with van der Waals surface area (Å²) in [6.45, 7) is 12.5. The van der Waals surface area contributed by atoms with Crippen molar-refractivity contribution in [2.24, 2.45) is 10.8 Å². The van der Waals surface area contributed by atoms with E-state index in [9.17, 15) is 9.59 Å². The molecule has 1 aromatic carbocycles. The summed E-state index contributed by atoms with van der Waals surface area (Å²) in [5.41, 5.74) is 3.94. The molecule has 5 nitrogen and oxygen atoms in total. The van der Waals surface area contributed by atoms with Crippen molar-refractivity contribution in [2.75, 3.05) is 13.7 Å². The Morgan fingerprint density at radius 1 is 1.03 bits per heavy atom. The number of methoxy groups -OCH3 is 1. The summed E-state index contributed by atoms with van der Waals surface area (Å²) >= 11 is 3.62. The number of Topliss-reactive ketones (excluding diaryl/α,β-unsaturated/α-hetero) is 2. The molecule has 176 valence electrons. The van der Waals surface area contributed by atoms with Crippen LogP contribution in [0.5, 0.6) is 11.5 Å². The summed E-state index contributed by atoms with van der Waals surface area (Å²) in [6, 6.07) is 3.85. The van der Waals surface area contributed by atoms with E-state index in [1.165, 1.54) is 0 Å². The molecule has 1 heterocycles. The molecule has 0 unspecified atom stereocenters. The Balaban J connectivity index is 1.92. The molecule has 0 amide bonds. The summed E-state index contributed by atoms with van der Waals surface area (Å²) in [5.74, 6) is 0.916. The van der Waals surface area contributed by atoms with E-state index in [1.807, 2.05) is 12.1 Å². The number of carbonyl (C=O) groups is 2. The molecule has 0 aromatic heterocycles. The van der Waals surface area contributed by atoms with E-state index in [4.69, 9.17) is 9.47 Å². The average Bonchev–Trinajstić information content (AvgIpc) is 2.68. The van der Waals surface area contributed by atoms with E-state index in [0.29, 0.717) is 35.4 Å². The topological polar surface area (TPSA) is 64.6 Å². The summed E-state index contributed by atoms with van der Waals surface area (Å²) in [4.78, 5) is 26.9. The van der Waals surface area contributed by atoms with Gasteiger partial charge in [0.05, 0.1) is 11.6 Å². The van der Waals surface area contributed by atoms with Crippen LogP contribution in [0.1, 0.15) is 64.9 Å². The number of nitrogens with one attached hydrogen (secondary N) is 1. The highest BCUT2D eigenvalue weighted by atomic mass is 79.9. The molecule has 1 aliphatic heterocycles. The predicted molar refractivity (Wildman–Crippen MR) is 132 cm³/mol. The zero-order chi connectivity index (χ0) is 24.1. The third-order valence-corrected chi connectivity index (χ3v) is 7.24. The Hall–Kier alpha value is -2.34. The molecule has 0 spiro atoms. The summed E-state index contributed by atoms with van der Waals surface area (Å²) < 4.78 is 12.2. The number of ketones is 2. The number of ether oxygens (including phenoxy) is 2. The van der Waals surface area contributed by atoms with Crippen LogP contribution >= 0.6 is 15.9 Å². The molecule has 0 saturated carbocycles. The van der Waals surface area contributed by atoms with Crippen LogP contribution in [0, 0.1) is 10.8 Å². The van der Waals surface area contributed by atoms with E-state index in [-0.39, 0.29) is 22.4 Å². The maximum Gasteiger partial charge on any atom is 0.175 e. The van der Waals surface area contributed by atoms with Gasteiger partial charge in [0.15, 0.2) is 23.1 Å². The Morgan fingerprint density at radius 2 is 1.58 bits per heavy atom. The normalized spacial score (nSPS) is 21.9. The lowest BCUT2D eigenvalue weighted by Gasteiger charge is -2.44. The number of dihydropyridines is 1. The minimum Gasteiger partial charge on any atom is -0.493 e. The second-order valence-electron chi connectivity index (χ2n) is 10.9. The first-order valence-electron chi connectivity index (χ1n) is 11.4. The maximum absolute atomic E-state index is 13.5. The molecule has 0 atom stereocenters. The fourth-order valence-corrected chi connectivity index (χ4v) is 5.99. The standard InChI is InChI=1S/C27H32BrNO4/c1-7-8-33-25-16(28)9-15(10-21(25)32-6)22-23-17(11-26(2,3)13-19(23)30)29-18-12-27(4,5)14-20(31)24(18)22/h7,9-10,22,29H,1,8,11-14H2,2-6H3. The molecule has 33 heavy (non-hydrogen) atoms. The van der Waals surface area contributed by atoms with E-state index >= 15 is 0 Å². The van der Waals surface area contributed by atoms with Crippen LogP contribution in [-0.4, -0.2) is 25.3 Å². The number of halogens is 1. The largest absolute Gasteiger partial charge is 0.493 e. The number of benzene rings is 1. The highest BCUT2D eigenvalue weighted by Crippen LogP contribution is 2.52. The Bertz CT molecular complexity index is 1060. The van der Waals surface area contributed by atoms with Gasteiger partial charge in [-0.25, -0.2) is 0 Å². The first kappa shape index (κ1) is 23.8. The van der Waals surface area contributed by atoms with Gasteiger partial charge in [0.2, 0.25) is 0 Å². The number of allylic oxidation sites excluding steroid dienone is 4. The molecule has 3 aliphatic rings. The van der Waals surface area contributed by atoms with Gasteiger partial charge in [-0.15, -0.1) is 0 Å². The SMILES string of the molecule is C=CCOc1c(Br)cc(C2C3=C(CC(C)(C)CC3=O)NC3=C2C(=O)CC(C)(C)C3)cc1OC. The molecule has 0 radical (unpaired) electrons. The van der Waals surface area contributed by atoms with Crippen LogP contribution < -0.4 is 14.8 Å². The number of rotatable bonds is 5. The summed E-state index contributed by atoms with van der Waals surface area (Å²) in [5, 5.41) is 3.55. The fraction of sp³-hybridized carbons (Fsp3) is 0.481. The highest BCUT2D eigenvalue weighted by Gasteiger charge is 2.46. The van der Waals surface area contributed by atoms with Crippen LogP contribution in [0.4, 0.5) is 0 Å². The van der Waals surface area contributed by atoms with Gasteiger partial charge in [0.25, 0.3) is 0 Å². The van der Waals surface area contributed by atoms with Crippen LogP contribution in [0.25, 0.3) is 0 Å². The van der Waals surface area contributed by atoms with Crippen molar-refractivity contribution in [1.29, 1.82) is 0 Å². The first-order chi connectivity index (χ1) is 15.5. The Morgan fingerprint density at radius 3 is 2.06 bits per heavy atom. The first-order valence-corrected chi connectivity index (χ1v) is 12.2. The van der Waals surface area contributed by atoms with Gasteiger partial charge in [-0.3, -0.25) is 9.59 Å². The van der Waals surface area contributed by atoms with Gasteiger partial charge in [-0.2, -0.15) is 0 Å². The van der Waals surface area contributed by atoms with Gasteiger partial charge in [-0.1, -0.05) is 40.3 Å². The minimum atomic E-state index is -0.415. The van der Waals surface area contributed by atoms with E-state index in [0.717, 1.165) is 40.9 Å². The van der Waals surface area contributed by atoms with Gasteiger partial charge in [0.1, 0.15) is 6.61 Å². The number of carbonyl (C=O) groups excluding carboxylic acids is 2. The van der Waals surface area contributed by atoms with Gasteiger partial charge in [0, 0.05) is 41.3 Å². The molecule has 0 fully saturated rings. The number of hydrogen-bond acceptors (Lipinski definition) is 5. The molecule has 1 aromatic rings. The lowest BCUT2D eigenvalue weighted by atomic mass is 9.64. The van der Waals surface area contributed by atoms with Crippen molar-refractivity contribution < 1.29 is 19.1 Å². The third-order valence-electron chi connectivity index (χ3n) is 6.65. The van der Waals surface area contributed by atoms with Crippen molar-refractivity contribution in [2.45, 2.75) is 59.3 Å². The molecule has 0 bridgehead atoms. The van der Waals surface area contributed by atoms with Crippen molar-refractivity contribution >= 4 is 27.5 Å². The van der Waals surface area contributed by atoms with Gasteiger partial charge < -0.3 is 14.8 Å². The third kappa shape index (κ3) is 4.42. The second kappa shape index (κ2) is 8.46. The van der Waals surface area contributed by atoms with Gasteiger partial charge >= 0.3 is 0 Å². The summed E-state index contributed by atoms with van der Waals surface area (Å²) in [7, 11) is 1.59. The highest BCUT2D eigenvalue weighted by molar-refractivity contribution is 9.10. The van der Waals surface area contributed by atoms with Crippen LogP contribution in [0.3, 0.4) is 0 Å². The minimum absolute atomic E-state index is 0.102. The molecular weight excluding hydrogens is 482 g/mol. The maximum atomic E-state index is 13.5. The second-order valence-corrected chi connectivity index (χ2v) is 11.7. The van der Waals surface area contributed by atoms with Crippen LogP contribution in [0.2, 0.25) is 0 Å². The molecule has 2 aliphatic carbocycles. The van der Waals surface area contributed by atoms with Crippen molar-refractivity contribution in [1.82, 2.24) is 5.32 Å². The van der Waals surface area contributed by atoms with Crippen molar-refractivity contribution in [3.63, 3.8) is 0 Å². The molecule has 4 rings (SSSR count). The van der Waals surface area contributed by atoms with Crippen LogP contribution in [0.15, 0.2) is 51.8 Å². The van der Waals surface area contributed by atoms with E-state index < -0.39 is 5.92 Å². The lowest BCUT2D eigenvalue weighted by Crippen LogP contribution is -2.42. The fourth-order valence-electron chi connectivity index (χ4n) is 5.41. The number of hydrogen-bond donors (Lipinski definition) is 1. The average molecular weight is 514 g/mol. The Labute approximate surface area is 204 Å². The zero-order valence-corrected chi connectivity index (χ0v) is 21.6. The Kier molecular flexibility index (Phi) is 6.10. The van der Waals surface area contributed by atoms with Crippen LogP contribution in [-0.2, 0) is 9.59 Å². The monoisotopic (exact) mass is 513 g/mol. The zero-order valence-electron chi connectivity index (χ0n) is 20.1. The molecular formula is C27H32BrNO4. The van der Waals surface area contributed by atoms with E-state index in [1.54, 1.807) is 13.2 Å². The lowest BCUT2D eigenvalue weighted by molar-refractivity contribution is -0.119. The molecule has 1 N–H and O–H groups in total. The van der Waals surface area contributed by atoms with Crippen molar-refractivity contribution in [3.05, 3.63) is 57.4 Å². The molecule has 6 heteroatoms. The quantitative estimate of drug-likeness (QED) is 0.489. The predicted octanol–water partition coefficient (Wildman–Crippen LogP) is 6.00. The summed E-state index contributed by atoms with van der Waals surface area (Å²) in [6.07, 6.45) is 4.14.